The Kier molecular flexibility index (Phi) is 3.28. The number of thiocarbonyl (C=S) groups is 2. The van der Waals surface area contributed by atoms with Gasteiger partial charge in [0.1, 0.15) is 15.1 Å². The summed E-state index contributed by atoms with van der Waals surface area (Å²) in [4.78, 5) is 1.50. The second kappa shape index (κ2) is 4.53. The molecule has 1 heterocycles. The van der Waals surface area contributed by atoms with Gasteiger partial charge in [0.25, 0.3) is 0 Å². The third-order valence-electron chi connectivity index (χ3n) is 2.20. The number of aromatic hydroxyl groups is 1. The number of hydrogen-bond acceptors (Lipinski definition) is 4. The molecule has 16 heavy (non-hydrogen) atoms. The number of phenolic OH excluding ortho intramolecular Hbond substituents is 1. The molecule has 2 rings (SSSR count). The van der Waals surface area contributed by atoms with Gasteiger partial charge in [-0.3, -0.25) is 0 Å². The third-order valence-corrected chi connectivity index (χ3v) is 3.83. The molecule has 0 atom stereocenters. The Hall–Kier alpha value is -0.910. The SMILES string of the molecule is Cc1cccc(C=C2SC(=S)NC2=S)c1O. The zero-order chi connectivity index (χ0) is 11.7. The van der Waals surface area contributed by atoms with Crippen molar-refractivity contribution in [3.8, 4) is 5.75 Å². The van der Waals surface area contributed by atoms with Crippen molar-refractivity contribution in [2.45, 2.75) is 6.92 Å². The molecule has 0 unspecified atom stereocenters. The maximum Gasteiger partial charge on any atom is 0.143 e. The summed E-state index contributed by atoms with van der Waals surface area (Å²) in [6, 6.07) is 5.61. The molecule has 1 aromatic rings. The predicted molar refractivity (Wildman–Crippen MR) is 76.7 cm³/mol. The number of hydrogen-bond donors (Lipinski definition) is 2. The predicted octanol–water partition coefficient (Wildman–Crippen LogP) is 2.99. The van der Waals surface area contributed by atoms with Crippen molar-refractivity contribution in [2.75, 3.05) is 0 Å². The average Bonchev–Trinajstić information content (AvgIpc) is 2.53. The van der Waals surface area contributed by atoms with Crippen LogP contribution >= 0.6 is 36.2 Å². The highest BCUT2D eigenvalue weighted by molar-refractivity contribution is 8.27. The van der Waals surface area contributed by atoms with Crippen LogP contribution < -0.4 is 5.32 Å². The Morgan fingerprint density at radius 3 is 2.75 bits per heavy atom. The van der Waals surface area contributed by atoms with Crippen LogP contribution in [0.4, 0.5) is 0 Å². The Balaban J connectivity index is 2.40. The molecule has 0 amide bonds. The minimum atomic E-state index is 0.288. The second-order valence-corrected chi connectivity index (χ2v) is 5.49. The van der Waals surface area contributed by atoms with Gasteiger partial charge in [-0.1, -0.05) is 54.4 Å². The average molecular weight is 267 g/mol. The van der Waals surface area contributed by atoms with Crippen LogP contribution in [0.5, 0.6) is 5.75 Å². The lowest BCUT2D eigenvalue weighted by molar-refractivity contribution is 0.470. The molecule has 82 valence electrons. The van der Waals surface area contributed by atoms with Crippen molar-refractivity contribution in [3.05, 3.63) is 34.2 Å². The lowest BCUT2D eigenvalue weighted by atomic mass is 10.1. The lowest BCUT2D eigenvalue weighted by Crippen LogP contribution is -2.15. The standard InChI is InChI=1S/C11H9NOS3/c1-6-3-2-4-7(9(6)13)5-8-10(14)12-11(15)16-8/h2-5,13H,1H3,(H,12,14,15). The van der Waals surface area contributed by atoms with E-state index in [1.807, 2.05) is 31.2 Å². The number of rotatable bonds is 1. The van der Waals surface area contributed by atoms with Crippen molar-refractivity contribution in [2.24, 2.45) is 0 Å². The highest BCUT2D eigenvalue weighted by atomic mass is 32.2. The molecule has 0 saturated carbocycles. The number of aryl methyl sites for hydroxylation is 1. The molecule has 1 aliphatic heterocycles. The molecular formula is C11H9NOS3. The molecule has 2 N–H and O–H groups in total. The molecular weight excluding hydrogens is 258 g/mol. The highest BCUT2D eigenvalue weighted by Crippen LogP contribution is 2.30. The molecule has 0 spiro atoms. The Labute approximate surface area is 109 Å². The first-order valence-corrected chi connectivity index (χ1v) is 6.24. The van der Waals surface area contributed by atoms with Crippen molar-refractivity contribution in [1.29, 1.82) is 0 Å². The summed E-state index contributed by atoms with van der Waals surface area (Å²) >= 11 is 11.5. The summed E-state index contributed by atoms with van der Waals surface area (Å²) in [7, 11) is 0. The van der Waals surface area contributed by atoms with E-state index in [1.165, 1.54) is 11.8 Å². The third kappa shape index (κ3) is 2.26. The zero-order valence-corrected chi connectivity index (χ0v) is 10.9. The van der Waals surface area contributed by atoms with E-state index in [1.54, 1.807) is 0 Å². The van der Waals surface area contributed by atoms with E-state index < -0.39 is 0 Å². The highest BCUT2D eigenvalue weighted by Gasteiger charge is 2.18. The Morgan fingerprint density at radius 1 is 1.38 bits per heavy atom. The molecule has 0 radical (unpaired) electrons. The molecule has 2 nitrogen and oxygen atoms in total. The van der Waals surface area contributed by atoms with E-state index in [9.17, 15) is 5.11 Å². The monoisotopic (exact) mass is 267 g/mol. The van der Waals surface area contributed by atoms with E-state index in [0.29, 0.717) is 9.31 Å². The van der Waals surface area contributed by atoms with E-state index >= 15 is 0 Å². The van der Waals surface area contributed by atoms with Gasteiger partial charge in [0.2, 0.25) is 0 Å². The smallest absolute Gasteiger partial charge is 0.143 e. The van der Waals surface area contributed by atoms with Gasteiger partial charge < -0.3 is 10.4 Å². The first-order valence-electron chi connectivity index (χ1n) is 4.61. The van der Waals surface area contributed by atoms with Crippen LogP contribution in [0.2, 0.25) is 0 Å². The lowest BCUT2D eigenvalue weighted by Gasteiger charge is -2.03. The van der Waals surface area contributed by atoms with Gasteiger partial charge in [0, 0.05) is 5.56 Å². The van der Waals surface area contributed by atoms with Crippen LogP contribution in [0.25, 0.3) is 6.08 Å². The van der Waals surface area contributed by atoms with Gasteiger partial charge in [-0.25, -0.2) is 0 Å². The number of benzene rings is 1. The molecule has 1 saturated heterocycles. The van der Waals surface area contributed by atoms with Crippen molar-refractivity contribution in [1.82, 2.24) is 5.32 Å². The van der Waals surface area contributed by atoms with Crippen LogP contribution in [0.3, 0.4) is 0 Å². The number of thioether (sulfide) groups is 1. The van der Waals surface area contributed by atoms with E-state index in [-0.39, 0.29) is 5.75 Å². The first kappa shape index (κ1) is 11.6. The van der Waals surface area contributed by atoms with Crippen molar-refractivity contribution < 1.29 is 5.11 Å². The van der Waals surface area contributed by atoms with Gasteiger partial charge in [-0.15, -0.1) is 0 Å². The summed E-state index contributed by atoms with van der Waals surface area (Å²) in [5.41, 5.74) is 1.61. The van der Waals surface area contributed by atoms with E-state index in [0.717, 1.165) is 16.0 Å². The van der Waals surface area contributed by atoms with Crippen LogP contribution in [-0.4, -0.2) is 14.4 Å². The second-order valence-electron chi connectivity index (χ2n) is 3.36. The van der Waals surface area contributed by atoms with E-state index in [2.05, 4.69) is 5.32 Å². The van der Waals surface area contributed by atoms with Crippen LogP contribution in [0.15, 0.2) is 23.1 Å². The summed E-state index contributed by atoms with van der Waals surface area (Å²) in [5.74, 6) is 0.288. The Bertz CT molecular complexity index is 508. The molecule has 0 aliphatic carbocycles. The topological polar surface area (TPSA) is 32.3 Å². The fraction of sp³-hybridized carbons (Fsp3) is 0.0909. The van der Waals surface area contributed by atoms with Crippen LogP contribution in [-0.2, 0) is 0 Å². The maximum absolute atomic E-state index is 9.86. The fourth-order valence-corrected chi connectivity index (χ4v) is 2.83. The number of nitrogens with one attached hydrogen (secondary N) is 1. The van der Waals surface area contributed by atoms with Gasteiger partial charge >= 0.3 is 0 Å². The largest absolute Gasteiger partial charge is 0.507 e. The maximum atomic E-state index is 9.86. The van der Waals surface area contributed by atoms with Gasteiger partial charge in [0.15, 0.2) is 0 Å². The summed E-state index contributed by atoms with van der Waals surface area (Å²) in [5, 5.41) is 12.8. The van der Waals surface area contributed by atoms with Crippen LogP contribution in [0.1, 0.15) is 11.1 Å². The molecule has 1 aromatic carbocycles. The van der Waals surface area contributed by atoms with Gasteiger partial charge in [-0.2, -0.15) is 0 Å². The van der Waals surface area contributed by atoms with Crippen molar-refractivity contribution >= 4 is 51.6 Å². The molecule has 0 aromatic heterocycles. The molecule has 1 aliphatic rings. The molecule has 5 heteroatoms. The molecule has 0 bridgehead atoms. The summed E-state index contributed by atoms with van der Waals surface area (Å²) in [6.07, 6.45) is 1.85. The first-order chi connectivity index (χ1) is 7.58. The minimum Gasteiger partial charge on any atom is -0.507 e. The number of phenols is 1. The number of para-hydroxylation sites is 1. The van der Waals surface area contributed by atoms with Gasteiger partial charge in [-0.05, 0) is 18.6 Å². The zero-order valence-electron chi connectivity index (χ0n) is 8.48. The minimum absolute atomic E-state index is 0.288. The fourth-order valence-electron chi connectivity index (χ4n) is 1.36. The summed E-state index contributed by atoms with van der Waals surface area (Å²) < 4.78 is 0.656. The quantitative estimate of drug-likeness (QED) is 0.604. The summed E-state index contributed by atoms with van der Waals surface area (Å²) in [6.45, 7) is 1.86. The van der Waals surface area contributed by atoms with E-state index in [4.69, 9.17) is 24.4 Å². The van der Waals surface area contributed by atoms with Gasteiger partial charge in [0.05, 0.1) is 4.91 Å². The van der Waals surface area contributed by atoms with Crippen LogP contribution in [0, 0.1) is 6.92 Å². The van der Waals surface area contributed by atoms with Crippen molar-refractivity contribution in [3.63, 3.8) is 0 Å². The Morgan fingerprint density at radius 2 is 2.12 bits per heavy atom. The molecule has 1 fully saturated rings. The normalized spacial score (nSPS) is 17.9.